The number of methoxy groups -OCH3 is 1. The van der Waals surface area contributed by atoms with E-state index in [9.17, 15) is 0 Å². The number of benzene rings is 1. The minimum absolute atomic E-state index is 0.548. The summed E-state index contributed by atoms with van der Waals surface area (Å²) in [6.45, 7) is 1.11. The zero-order valence-corrected chi connectivity index (χ0v) is 10.6. The van der Waals surface area contributed by atoms with Crippen LogP contribution in [0, 0.1) is 0 Å². The lowest BCUT2D eigenvalue weighted by Crippen LogP contribution is -2.16. The fourth-order valence-electron chi connectivity index (χ4n) is 1.31. The van der Waals surface area contributed by atoms with Crippen molar-refractivity contribution in [1.82, 2.24) is 0 Å². The van der Waals surface area contributed by atoms with Gasteiger partial charge in [-0.25, -0.2) is 0 Å². The minimum atomic E-state index is 0.548. The SMILES string of the molecule is COc1c(Br)cc(Br)c2c1OCCO2. The molecule has 0 amide bonds. The molecular weight excluding hydrogens is 316 g/mol. The van der Waals surface area contributed by atoms with Gasteiger partial charge in [0.2, 0.25) is 5.75 Å². The van der Waals surface area contributed by atoms with E-state index >= 15 is 0 Å². The molecule has 1 aromatic carbocycles. The summed E-state index contributed by atoms with van der Waals surface area (Å²) in [7, 11) is 1.60. The molecule has 0 saturated heterocycles. The van der Waals surface area contributed by atoms with E-state index in [0.29, 0.717) is 30.5 Å². The van der Waals surface area contributed by atoms with Crippen LogP contribution in [0.2, 0.25) is 0 Å². The van der Waals surface area contributed by atoms with Gasteiger partial charge in [-0.2, -0.15) is 0 Å². The maximum atomic E-state index is 5.50. The molecule has 14 heavy (non-hydrogen) atoms. The van der Waals surface area contributed by atoms with Crippen LogP contribution in [0.15, 0.2) is 15.0 Å². The third-order valence-electron chi connectivity index (χ3n) is 1.88. The topological polar surface area (TPSA) is 27.7 Å². The van der Waals surface area contributed by atoms with Crippen molar-refractivity contribution < 1.29 is 14.2 Å². The third-order valence-corrected chi connectivity index (χ3v) is 3.06. The van der Waals surface area contributed by atoms with Gasteiger partial charge in [-0.3, -0.25) is 0 Å². The second-order valence-electron chi connectivity index (χ2n) is 2.73. The van der Waals surface area contributed by atoms with Crippen LogP contribution in [0.25, 0.3) is 0 Å². The van der Waals surface area contributed by atoms with Crippen molar-refractivity contribution in [3.8, 4) is 17.2 Å². The Bertz CT molecular complexity index is 345. The Morgan fingerprint density at radius 3 is 2.43 bits per heavy atom. The van der Waals surface area contributed by atoms with Crippen LogP contribution in [-0.2, 0) is 0 Å². The first-order valence-electron chi connectivity index (χ1n) is 4.05. The number of fused-ring (bicyclic) bond motifs is 1. The van der Waals surface area contributed by atoms with E-state index in [2.05, 4.69) is 31.9 Å². The van der Waals surface area contributed by atoms with Crippen LogP contribution < -0.4 is 14.2 Å². The van der Waals surface area contributed by atoms with Crippen molar-refractivity contribution in [3.05, 3.63) is 15.0 Å². The highest BCUT2D eigenvalue weighted by Gasteiger charge is 2.22. The van der Waals surface area contributed by atoms with Gasteiger partial charge in [0.15, 0.2) is 11.5 Å². The molecule has 0 spiro atoms. The molecular formula is C9H8Br2O3. The summed E-state index contributed by atoms with van der Waals surface area (Å²) >= 11 is 6.80. The van der Waals surface area contributed by atoms with Crippen LogP contribution in [0.5, 0.6) is 17.2 Å². The lowest BCUT2D eigenvalue weighted by atomic mass is 10.3. The Morgan fingerprint density at radius 2 is 1.79 bits per heavy atom. The van der Waals surface area contributed by atoms with E-state index in [1.54, 1.807) is 7.11 Å². The molecule has 1 aliphatic heterocycles. The molecule has 0 saturated carbocycles. The highest BCUT2D eigenvalue weighted by Crippen LogP contribution is 2.48. The number of halogens is 2. The second kappa shape index (κ2) is 3.98. The number of hydrogen-bond donors (Lipinski definition) is 0. The van der Waals surface area contributed by atoms with Gasteiger partial charge in [0.25, 0.3) is 0 Å². The third kappa shape index (κ3) is 1.59. The maximum absolute atomic E-state index is 5.50. The summed E-state index contributed by atoms with van der Waals surface area (Å²) in [6.07, 6.45) is 0. The van der Waals surface area contributed by atoms with Crippen LogP contribution in [-0.4, -0.2) is 20.3 Å². The lowest BCUT2D eigenvalue weighted by molar-refractivity contribution is 0.163. The van der Waals surface area contributed by atoms with Gasteiger partial charge in [0.1, 0.15) is 13.2 Å². The van der Waals surface area contributed by atoms with Crippen LogP contribution in [0.1, 0.15) is 0 Å². The van der Waals surface area contributed by atoms with Crippen molar-refractivity contribution >= 4 is 31.9 Å². The van der Waals surface area contributed by atoms with Gasteiger partial charge in [0, 0.05) is 0 Å². The summed E-state index contributed by atoms with van der Waals surface area (Å²) in [5.74, 6) is 2.03. The van der Waals surface area contributed by atoms with Crippen molar-refractivity contribution in [2.24, 2.45) is 0 Å². The fraction of sp³-hybridized carbons (Fsp3) is 0.333. The highest BCUT2D eigenvalue weighted by molar-refractivity contribution is 9.11. The molecule has 0 unspecified atom stereocenters. The fourth-order valence-corrected chi connectivity index (χ4v) is 2.71. The predicted molar refractivity (Wildman–Crippen MR) is 59.4 cm³/mol. The minimum Gasteiger partial charge on any atom is -0.492 e. The molecule has 0 radical (unpaired) electrons. The van der Waals surface area contributed by atoms with Crippen LogP contribution in [0.4, 0.5) is 0 Å². The van der Waals surface area contributed by atoms with E-state index in [4.69, 9.17) is 14.2 Å². The molecule has 0 atom stereocenters. The number of ether oxygens (including phenoxy) is 3. The Kier molecular flexibility index (Phi) is 2.88. The van der Waals surface area contributed by atoms with Gasteiger partial charge in [-0.05, 0) is 37.9 Å². The first-order chi connectivity index (χ1) is 6.74. The molecule has 5 heteroatoms. The average Bonchev–Trinajstić information content (AvgIpc) is 2.18. The molecule has 0 fully saturated rings. The first-order valence-corrected chi connectivity index (χ1v) is 5.64. The van der Waals surface area contributed by atoms with Crippen LogP contribution >= 0.6 is 31.9 Å². The Balaban J connectivity index is 2.61. The summed E-state index contributed by atoms with van der Waals surface area (Å²) < 4.78 is 17.9. The van der Waals surface area contributed by atoms with Crippen molar-refractivity contribution in [1.29, 1.82) is 0 Å². The molecule has 76 valence electrons. The molecule has 0 bridgehead atoms. The van der Waals surface area contributed by atoms with E-state index in [1.807, 2.05) is 6.07 Å². The Hall–Kier alpha value is -0.420. The molecule has 0 N–H and O–H groups in total. The largest absolute Gasteiger partial charge is 0.492 e. The zero-order chi connectivity index (χ0) is 10.1. The van der Waals surface area contributed by atoms with Crippen molar-refractivity contribution in [3.63, 3.8) is 0 Å². The van der Waals surface area contributed by atoms with Gasteiger partial charge < -0.3 is 14.2 Å². The Labute approximate surface area is 98.6 Å². The molecule has 0 aliphatic carbocycles. The number of hydrogen-bond acceptors (Lipinski definition) is 3. The average molecular weight is 324 g/mol. The standard InChI is InChI=1S/C9H8Br2O3/c1-12-7-5(10)4-6(11)8-9(7)14-3-2-13-8/h4H,2-3H2,1H3. The molecule has 2 rings (SSSR count). The van der Waals surface area contributed by atoms with E-state index in [0.717, 1.165) is 8.95 Å². The predicted octanol–water partition coefficient (Wildman–Crippen LogP) is 2.99. The molecule has 0 aromatic heterocycles. The highest BCUT2D eigenvalue weighted by atomic mass is 79.9. The molecule has 1 aromatic rings. The maximum Gasteiger partial charge on any atom is 0.206 e. The lowest BCUT2D eigenvalue weighted by Gasteiger charge is -2.22. The van der Waals surface area contributed by atoms with E-state index < -0.39 is 0 Å². The van der Waals surface area contributed by atoms with Crippen molar-refractivity contribution in [2.75, 3.05) is 20.3 Å². The smallest absolute Gasteiger partial charge is 0.206 e. The zero-order valence-electron chi connectivity index (χ0n) is 7.47. The van der Waals surface area contributed by atoms with Crippen LogP contribution in [0.3, 0.4) is 0 Å². The van der Waals surface area contributed by atoms with Gasteiger partial charge >= 0.3 is 0 Å². The first kappa shape index (κ1) is 10.1. The molecule has 3 nitrogen and oxygen atoms in total. The molecule has 1 heterocycles. The normalized spacial score (nSPS) is 13.9. The number of rotatable bonds is 1. The quantitative estimate of drug-likeness (QED) is 0.795. The summed E-state index contributed by atoms with van der Waals surface area (Å²) in [4.78, 5) is 0. The summed E-state index contributed by atoms with van der Waals surface area (Å²) in [5.41, 5.74) is 0. The monoisotopic (exact) mass is 322 g/mol. The van der Waals surface area contributed by atoms with Crippen molar-refractivity contribution in [2.45, 2.75) is 0 Å². The molecule has 1 aliphatic rings. The van der Waals surface area contributed by atoms with E-state index in [-0.39, 0.29) is 0 Å². The van der Waals surface area contributed by atoms with Gasteiger partial charge in [0.05, 0.1) is 16.1 Å². The summed E-state index contributed by atoms with van der Waals surface area (Å²) in [6, 6.07) is 1.88. The summed E-state index contributed by atoms with van der Waals surface area (Å²) in [5, 5.41) is 0. The van der Waals surface area contributed by atoms with Gasteiger partial charge in [-0.15, -0.1) is 0 Å². The second-order valence-corrected chi connectivity index (χ2v) is 4.44. The van der Waals surface area contributed by atoms with E-state index in [1.165, 1.54) is 0 Å². The van der Waals surface area contributed by atoms with Gasteiger partial charge in [-0.1, -0.05) is 0 Å². The Morgan fingerprint density at radius 1 is 1.14 bits per heavy atom.